The van der Waals surface area contributed by atoms with Gasteiger partial charge in [0.1, 0.15) is 30.4 Å². The highest BCUT2D eigenvalue weighted by atomic mass is 16.6. The zero-order valence-corrected chi connectivity index (χ0v) is 19.4. The molecule has 0 amide bonds. The topological polar surface area (TPSA) is 94.2 Å². The van der Waals surface area contributed by atoms with Gasteiger partial charge in [0.2, 0.25) is 5.89 Å². The van der Waals surface area contributed by atoms with E-state index in [0.717, 1.165) is 22.4 Å². The standard InChI is InChI=1S/C28H26N2O5/c1-20-25(29-28(35-20)22-12-6-3-7-13-22)19-33-26-15-9-8-14-23(26)18-34-30-24(16-17-27(31)32)21-10-4-2-5-11-21/h2-15H,16-19H2,1H3,(H,31,32)/b30-24-. The van der Waals surface area contributed by atoms with Gasteiger partial charge in [-0.25, -0.2) is 4.98 Å². The predicted octanol–water partition coefficient (Wildman–Crippen LogP) is 6.01. The van der Waals surface area contributed by atoms with Gasteiger partial charge in [-0.15, -0.1) is 0 Å². The van der Waals surface area contributed by atoms with E-state index < -0.39 is 5.97 Å². The van der Waals surface area contributed by atoms with Crippen molar-refractivity contribution < 1.29 is 23.9 Å². The molecular weight excluding hydrogens is 444 g/mol. The Hall–Kier alpha value is -4.39. The molecule has 7 heteroatoms. The van der Waals surface area contributed by atoms with Gasteiger partial charge in [-0.3, -0.25) is 4.79 Å². The Labute approximate surface area is 203 Å². The third kappa shape index (κ3) is 6.57. The molecule has 1 N–H and O–H groups in total. The van der Waals surface area contributed by atoms with Crippen LogP contribution in [0.2, 0.25) is 0 Å². The summed E-state index contributed by atoms with van der Waals surface area (Å²) in [6.45, 7) is 2.28. The van der Waals surface area contributed by atoms with E-state index in [0.29, 0.717) is 23.1 Å². The molecule has 3 aromatic carbocycles. The minimum atomic E-state index is -0.883. The molecule has 0 spiro atoms. The highest BCUT2D eigenvalue weighted by molar-refractivity contribution is 6.01. The van der Waals surface area contributed by atoms with Gasteiger partial charge in [-0.2, -0.15) is 0 Å². The summed E-state index contributed by atoms with van der Waals surface area (Å²) in [5, 5.41) is 13.3. The number of aliphatic carboxylic acids is 1. The van der Waals surface area contributed by atoms with Crippen molar-refractivity contribution in [3.63, 3.8) is 0 Å². The van der Waals surface area contributed by atoms with E-state index in [1.807, 2.05) is 91.9 Å². The summed E-state index contributed by atoms with van der Waals surface area (Å²) in [6, 6.07) is 26.7. The van der Waals surface area contributed by atoms with Gasteiger partial charge in [-0.05, 0) is 30.7 Å². The minimum Gasteiger partial charge on any atom is -0.487 e. The van der Waals surface area contributed by atoms with Gasteiger partial charge >= 0.3 is 5.97 Å². The zero-order valence-electron chi connectivity index (χ0n) is 19.4. The van der Waals surface area contributed by atoms with Crippen LogP contribution in [0.1, 0.15) is 35.4 Å². The molecule has 4 rings (SSSR count). The molecule has 0 radical (unpaired) electrons. The molecule has 0 saturated carbocycles. The number of nitrogens with zero attached hydrogens (tertiary/aromatic N) is 2. The van der Waals surface area contributed by atoms with Gasteiger partial charge in [0, 0.05) is 17.5 Å². The maximum Gasteiger partial charge on any atom is 0.303 e. The monoisotopic (exact) mass is 470 g/mol. The van der Waals surface area contributed by atoms with Crippen LogP contribution in [0.15, 0.2) is 94.5 Å². The second kappa shape index (κ2) is 11.7. The number of rotatable bonds is 11. The lowest BCUT2D eigenvalue weighted by Gasteiger charge is -2.11. The van der Waals surface area contributed by atoms with Gasteiger partial charge in [0.15, 0.2) is 0 Å². The molecule has 35 heavy (non-hydrogen) atoms. The summed E-state index contributed by atoms with van der Waals surface area (Å²) < 4.78 is 11.9. The molecule has 0 aliphatic heterocycles. The lowest BCUT2D eigenvalue weighted by atomic mass is 10.1. The van der Waals surface area contributed by atoms with Crippen molar-refractivity contribution in [2.45, 2.75) is 33.0 Å². The highest BCUT2D eigenvalue weighted by Crippen LogP contribution is 2.24. The molecule has 1 aromatic heterocycles. The largest absolute Gasteiger partial charge is 0.487 e. The number of hydrogen-bond acceptors (Lipinski definition) is 6. The zero-order chi connectivity index (χ0) is 24.5. The quantitative estimate of drug-likeness (QED) is 0.213. The molecule has 0 unspecified atom stereocenters. The van der Waals surface area contributed by atoms with Crippen LogP contribution in [0.25, 0.3) is 11.5 Å². The first-order valence-electron chi connectivity index (χ1n) is 11.3. The Balaban J connectivity index is 1.43. The number of oxazole rings is 1. The molecule has 0 aliphatic rings. The number of aryl methyl sites for hydroxylation is 1. The van der Waals surface area contributed by atoms with Crippen molar-refractivity contribution in [3.05, 3.63) is 108 Å². The maximum absolute atomic E-state index is 11.0. The van der Waals surface area contributed by atoms with Gasteiger partial charge < -0.3 is 19.1 Å². The van der Waals surface area contributed by atoms with Gasteiger partial charge in [-0.1, -0.05) is 71.9 Å². The van der Waals surface area contributed by atoms with Crippen LogP contribution in [0, 0.1) is 6.92 Å². The van der Waals surface area contributed by atoms with Crippen LogP contribution >= 0.6 is 0 Å². The predicted molar refractivity (Wildman–Crippen MR) is 132 cm³/mol. The maximum atomic E-state index is 11.0. The van der Waals surface area contributed by atoms with Crippen molar-refractivity contribution in [2.75, 3.05) is 0 Å². The van der Waals surface area contributed by atoms with Crippen LogP contribution in [0.4, 0.5) is 0 Å². The smallest absolute Gasteiger partial charge is 0.303 e. The van der Waals surface area contributed by atoms with Crippen molar-refractivity contribution in [3.8, 4) is 17.2 Å². The molecule has 0 saturated heterocycles. The molecule has 4 aromatic rings. The number of aromatic nitrogens is 1. The first kappa shape index (κ1) is 23.8. The molecule has 1 heterocycles. The Bertz CT molecular complexity index is 1280. The summed E-state index contributed by atoms with van der Waals surface area (Å²) in [7, 11) is 0. The van der Waals surface area contributed by atoms with E-state index in [4.69, 9.17) is 19.1 Å². The third-order valence-corrected chi connectivity index (χ3v) is 5.33. The van der Waals surface area contributed by atoms with Crippen molar-refractivity contribution >= 4 is 11.7 Å². The van der Waals surface area contributed by atoms with E-state index in [-0.39, 0.29) is 26.1 Å². The summed E-state index contributed by atoms with van der Waals surface area (Å²) in [5.74, 6) is 1.03. The van der Waals surface area contributed by atoms with Crippen LogP contribution in [-0.2, 0) is 22.8 Å². The number of benzene rings is 3. The number of hydrogen-bond donors (Lipinski definition) is 1. The van der Waals surface area contributed by atoms with E-state index >= 15 is 0 Å². The fourth-order valence-corrected chi connectivity index (χ4v) is 3.45. The fraction of sp³-hybridized carbons (Fsp3) is 0.179. The lowest BCUT2D eigenvalue weighted by Crippen LogP contribution is -2.06. The SMILES string of the molecule is Cc1oc(-c2ccccc2)nc1COc1ccccc1CO/N=C(/CCC(=O)O)c1ccccc1. The number of carboxylic acids is 1. The number of ether oxygens (including phenoxy) is 1. The van der Waals surface area contributed by atoms with Crippen molar-refractivity contribution in [1.82, 2.24) is 4.98 Å². The second-order valence-corrected chi connectivity index (χ2v) is 7.86. The molecule has 0 atom stereocenters. The van der Waals surface area contributed by atoms with E-state index in [1.54, 1.807) is 0 Å². The van der Waals surface area contributed by atoms with Crippen LogP contribution in [-0.4, -0.2) is 21.8 Å². The summed E-state index contributed by atoms with van der Waals surface area (Å²) >= 11 is 0. The first-order valence-corrected chi connectivity index (χ1v) is 11.3. The summed E-state index contributed by atoms with van der Waals surface area (Å²) in [6.07, 6.45) is 0.242. The number of carbonyl (C=O) groups is 1. The van der Waals surface area contributed by atoms with E-state index in [2.05, 4.69) is 10.1 Å². The van der Waals surface area contributed by atoms with Crippen molar-refractivity contribution in [1.29, 1.82) is 0 Å². The van der Waals surface area contributed by atoms with Crippen molar-refractivity contribution in [2.24, 2.45) is 5.16 Å². The molecular formula is C28H26N2O5. The molecule has 0 aliphatic carbocycles. The third-order valence-electron chi connectivity index (χ3n) is 5.33. The Morgan fingerprint density at radius 2 is 1.60 bits per heavy atom. The molecule has 0 fully saturated rings. The number of para-hydroxylation sites is 1. The Kier molecular flexibility index (Phi) is 7.91. The highest BCUT2D eigenvalue weighted by Gasteiger charge is 2.13. The average Bonchev–Trinajstić information content (AvgIpc) is 3.26. The fourth-order valence-electron chi connectivity index (χ4n) is 3.45. The van der Waals surface area contributed by atoms with Crippen LogP contribution in [0.3, 0.4) is 0 Å². The number of oxime groups is 1. The molecule has 0 bridgehead atoms. The molecule has 178 valence electrons. The first-order chi connectivity index (χ1) is 17.1. The average molecular weight is 471 g/mol. The summed E-state index contributed by atoms with van der Waals surface area (Å²) in [4.78, 5) is 21.3. The number of carboxylic acid groups (broad SMARTS) is 1. The van der Waals surface area contributed by atoms with Gasteiger partial charge in [0.25, 0.3) is 0 Å². The molecule has 7 nitrogen and oxygen atoms in total. The van der Waals surface area contributed by atoms with E-state index in [1.165, 1.54) is 0 Å². The lowest BCUT2D eigenvalue weighted by molar-refractivity contribution is -0.136. The summed E-state index contributed by atoms with van der Waals surface area (Å²) in [5.41, 5.74) is 3.85. The minimum absolute atomic E-state index is 0.0290. The Morgan fingerprint density at radius 3 is 2.34 bits per heavy atom. The van der Waals surface area contributed by atoms with E-state index in [9.17, 15) is 4.79 Å². The van der Waals surface area contributed by atoms with Crippen LogP contribution < -0.4 is 4.74 Å². The van der Waals surface area contributed by atoms with Crippen LogP contribution in [0.5, 0.6) is 5.75 Å². The normalized spacial score (nSPS) is 11.3. The van der Waals surface area contributed by atoms with Gasteiger partial charge in [0.05, 0.1) is 12.1 Å². The second-order valence-electron chi connectivity index (χ2n) is 7.86. The Morgan fingerprint density at radius 1 is 0.914 bits per heavy atom.